The largest absolute Gasteiger partial charge is 0.496 e. The summed E-state index contributed by atoms with van der Waals surface area (Å²) in [6.07, 6.45) is 0. The highest BCUT2D eigenvalue weighted by molar-refractivity contribution is 6.15. The maximum atomic E-state index is 12.9. The van der Waals surface area contributed by atoms with Gasteiger partial charge in [0.05, 0.1) is 13.7 Å². The number of ether oxygens (including phenoxy) is 3. The molecule has 0 amide bonds. The van der Waals surface area contributed by atoms with E-state index in [0.717, 1.165) is 5.39 Å². The number of para-hydroxylation sites is 1. The van der Waals surface area contributed by atoms with E-state index in [2.05, 4.69) is 0 Å². The molecule has 1 heterocycles. The van der Waals surface area contributed by atoms with Crippen molar-refractivity contribution in [2.75, 3.05) is 13.7 Å². The lowest BCUT2D eigenvalue weighted by molar-refractivity contribution is 0.0526. The lowest BCUT2D eigenvalue weighted by Crippen LogP contribution is -2.10. The smallest absolute Gasteiger partial charge is 0.347 e. The van der Waals surface area contributed by atoms with Crippen molar-refractivity contribution >= 4 is 33.7 Å². The van der Waals surface area contributed by atoms with Crippen molar-refractivity contribution in [1.82, 2.24) is 0 Å². The quantitative estimate of drug-likeness (QED) is 0.332. The Morgan fingerprint density at radius 3 is 2.33 bits per heavy atom. The van der Waals surface area contributed by atoms with Crippen molar-refractivity contribution < 1.29 is 28.2 Å². The minimum Gasteiger partial charge on any atom is -0.496 e. The summed E-state index contributed by atoms with van der Waals surface area (Å²) >= 11 is 0. The standard InChI is InChI=1S/C24H20O6/c1-4-28-24(26)21-14(2)29-22-16-10-6-5-9-15(16)20(13-18(21)22)30-23(25)17-11-7-8-12-19(17)27-3/h5-13H,4H2,1-3H3. The van der Waals surface area contributed by atoms with Crippen LogP contribution in [0.3, 0.4) is 0 Å². The number of hydrogen-bond acceptors (Lipinski definition) is 6. The van der Waals surface area contributed by atoms with Crippen LogP contribution in [0.4, 0.5) is 0 Å². The van der Waals surface area contributed by atoms with Gasteiger partial charge in [-0.2, -0.15) is 0 Å². The number of benzene rings is 3. The van der Waals surface area contributed by atoms with E-state index in [1.165, 1.54) is 7.11 Å². The summed E-state index contributed by atoms with van der Waals surface area (Å²) in [6.45, 7) is 3.70. The lowest BCUT2D eigenvalue weighted by atomic mass is 10.0. The van der Waals surface area contributed by atoms with Crippen LogP contribution in [0.5, 0.6) is 11.5 Å². The first-order valence-corrected chi connectivity index (χ1v) is 9.52. The average molecular weight is 404 g/mol. The summed E-state index contributed by atoms with van der Waals surface area (Å²) < 4.78 is 22.1. The van der Waals surface area contributed by atoms with Crippen LogP contribution >= 0.6 is 0 Å². The Morgan fingerprint density at radius 1 is 0.900 bits per heavy atom. The zero-order chi connectivity index (χ0) is 21.3. The number of aryl methyl sites for hydroxylation is 1. The highest BCUT2D eigenvalue weighted by atomic mass is 16.5. The van der Waals surface area contributed by atoms with Gasteiger partial charge < -0.3 is 18.6 Å². The molecule has 0 aliphatic heterocycles. The second-order valence-corrected chi connectivity index (χ2v) is 6.64. The van der Waals surface area contributed by atoms with Crippen LogP contribution in [0.1, 0.15) is 33.4 Å². The molecule has 152 valence electrons. The van der Waals surface area contributed by atoms with Gasteiger partial charge in [-0.1, -0.05) is 36.4 Å². The topological polar surface area (TPSA) is 75.0 Å². The molecule has 0 saturated heterocycles. The summed E-state index contributed by atoms with van der Waals surface area (Å²) in [5.41, 5.74) is 1.17. The minimum atomic E-state index is -0.560. The Morgan fingerprint density at radius 2 is 1.60 bits per heavy atom. The maximum absolute atomic E-state index is 12.9. The molecule has 4 rings (SSSR count). The van der Waals surface area contributed by atoms with Crippen LogP contribution in [-0.2, 0) is 4.74 Å². The Balaban J connectivity index is 1.89. The fraction of sp³-hybridized carbons (Fsp3) is 0.167. The number of fused-ring (bicyclic) bond motifs is 3. The molecule has 0 radical (unpaired) electrons. The van der Waals surface area contributed by atoms with Crippen molar-refractivity contribution in [3.8, 4) is 11.5 Å². The van der Waals surface area contributed by atoms with Gasteiger partial charge in [0, 0.05) is 16.2 Å². The number of esters is 2. The van der Waals surface area contributed by atoms with Crippen molar-refractivity contribution in [1.29, 1.82) is 0 Å². The second-order valence-electron chi connectivity index (χ2n) is 6.64. The van der Waals surface area contributed by atoms with Crippen LogP contribution in [0.2, 0.25) is 0 Å². The normalized spacial score (nSPS) is 10.9. The number of carbonyl (C=O) groups is 2. The van der Waals surface area contributed by atoms with Gasteiger partial charge in [-0.15, -0.1) is 0 Å². The van der Waals surface area contributed by atoms with Crippen LogP contribution in [0, 0.1) is 6.92 Å². The third kappa shape index (κ3) is 3.26. The summed E-state index contributed by atoms with van der Waals surface area (Å²) in [5.74, 6) is 0.141. The van der Waals surface area contributed by atoms with Gasteiger partial charge in [-0.3, -0.25) is 0 Å². The monoisotopic (exact) mass is 404 g/mol. The van der Waals surface area contributed by atoms with E-state index in [9.17, 15) is 9.59 Å². The summed E-state index contributed by atoms with van der Waals surface area (Å²) in [4.78, 5) is 25.4. The first kappa shape index (κ1) is 19.5. The number of rotatable bonds is 5. The molecule has 1 aromatic heterocycles. The average Bonchev–Trinajstić information content (AvgIpc) is 3.10. The third-order valence-corrected chi connectivity index (χ3v) is 4.84. The van der Waals surface area contributed by atoms with Crippen molar-refractivity contribution in [2.45, 2.75) is 13.8 Å². The first-order valence-electron chi connectivity index (χ1n) is 9.52. The molecule has 0 N–H and O–H groups in total. The fourth-order valence-corrected chi connectivity index (χ4v) is 3.51. The van der Waals surface area contributed by atoms with Crippen molar-refractivity contribution in [3.63, 3.8) is 0 Å². The number of methoxy groups -OCH3 is 1. The molecule has 0 atom stereocenters. The summed E-state index contributed by atoms with van der Waals surface area (Å²) in [7, 11) is 1.49. The molecular formula is C24H20O6. The minimum absolute atomic E-state index is 0.244. The molecule has 3 aromatic carbocycles. The zero-order valence-electron chi connectivity index (χ0n) is 16.9. The van der Waals surface area contributed by atoms with E-state index in [0.29, 0.717) is 44.7 Å². The van der Waals surface area contributed by atoms with E-state index in [1.807, 2.05) is 24.3 Å². The lowest BCUT2D eigenvalue weighted by Gasteiger charge is -2.11. The SMILES string of the molecule is CCOC(=O)c1c(C)oc2c1cc(OC(=O)c1ccccc1OC)c1ccccc12. The van der Waals surface area contributed by atoms with Gasteiger partial charge >= 0.3 is 11.9 Å². The molecule has 30 heavy (non-hydrogen) atoms. The van der Waals surface area contributed by atoms with E-state index >= 15 is 0 Å². The van der Waals surface area contributed by atoms with Gasteiger partial charge in [-0.05, 0) is 32.0 Å². The summed E-state index contributed by atoms with van der Waals surface area (Å²) in [6, 6.07) is 15.9. The van der Waals surface area contributed by atoms with E-state index in [-0.39, 0.29) is 6.61 Å². The van der Waals surface area contributed by atoms with Gasteiger partial charge in [0.2, 0.25) is 0 Å². The van der Waals surface area contributed by atoms with E-state index < -0.39 is 11.9 Å². The molecular weight excluding hydrogens is 384 g/mol. The molecule has 6 heteroatoms. The molecule has 0 aliphatic carbocycles. The Labute approximate surface area is 172 Å². The van der Waals surface area contributed by atoms with Crippen LogP contribution in [0.25, 0.3) is 21.7 Å². The molecule has 0 spiro atoms. The number of furan rings is 1. The summed E-state index contributed by atoms with van der Waals surface area (Å²) in [5, 5.41) is 1.96. The fourth-order valence-electron chi connectivity index (χ4n) is 3.51. The molecule has 6 nitrogen and oxygen atoms in total. The van der Waals surface area contributed by atoms with E-state index in [1.54, 1.807) is 44.2 Å². The predicted molar refractivity (Wildman–Crippen MR) is 112 cm³/mol. The molecule has 0 bridgehead atoms. The molecule has 0 aliphatic rings. The highest BCUT2D eigenvalue weighted by Gasteiger charge is 2.24. The first-order chi connectivity index (χ1) is 14.5. The highest BCUT2D eigenvalue weighted by Crippen LogP contribution is 2.38. The van der Waals surface area contributed by atoms with Crippen LogP contribution in [-0.4, -0.2) is 25.7 Å². The zero-order valence-corrected chi connectivity index (χ0v) is 16.9. The third-order valence-electron chi connectivity index (χ3n) is 4.84. The van der Waals surface area contributed by atoms with Gasteiger partial charge in [0.25, 0.3) is 0 Å². The Kier molecular flexibility index (Phi) is 5.14. The molecule has 0 saturated carbocycles. The van der Waals surface area contributed by atoms with Gasteiger partial charge in [0.15, 0.2) is 0 Å². The second kappa shape index (κ2) is 7.91. The maximum Gasteiger partial charge on any atom is 0.347 e. The van der Waals surface area contributed by atoms with Crippen LogP contribution < -0.4 is 9.47 Å². The van der Waals surface area contributed by atoms with Crippen LogP contribution in [0.15, 0.2) is 59.0 Å². The number of hydrogen-bond donors (Lipinski definition) is 0. The molecule has 0 unspecified atom stereocenters. The van der Waals surface area contributed by atoms with Crippen molar-refractivity contribution in [3.05, 3.63) is 71.5 Å². The Bertz CT molecular complexity index is 1270. The van der Waals surface area contributed by atoms with Crippen molar-refractivity contribution in [2.24, 2.45) is 0 Å². The van der Waals surface area contributed by atoms with Gasteiger partial charge in [0.1, 0.15) is 34.0 Å². The number of carbonyl (C=O) groups excluding carboxylic acids is 2. The Hall–Kier alpha value is -3.80. The van der Waals surface area contributed by atoms with Gasteiger partial charge in [-0.25, -0.2) is 9.59 Å². The van der Waals surface area contributed by atoms with E-state index in [4.69, 9.17) is 18.6 Å². The molecule has 0 fully saturated rings. The molecule has 4 aromatic rings. The predicted octanol–water partition coefficient (Wildman–Crippen LogP) is 5.30.